The van der Waals surface area contributed by atoms with Gasteiger partial charge in [-0.25, -0.2) is 0 Å². The number of rotatable bonds is 1. The van der Waals surface area contributed by atoms with Crippen molar-refractivity contribution in [3.05, 3.63) is 29.8 Å². The minimum absolute atomic E-state index is 0.316. The largest absolute Gasteiger partial charge is 0.355 e. The molecule has 0 aromatic heterocycles. The molecule has 5 nitrogen and oxygen atoms in total. The lowest BCUT2D eigenvalue weighted by atomic mass is 10.1. The Kier molecular flexibility index (Phi) is 2.64. The number of hydrogen-bond acceptors (Lipinski definition) is 4. The fourth-order valence-corrected chi connectivity index (χ4v) is 3.76. The summed E-state index contributed by atoms with van der Waals surface area (Å²) in [4.78, 5) is 2.34. The second-order valence-electron chi connectivity index (χ2n) is 4.72. The highest BCUT2D eigenvalue weighted by molar-refractivity contribution is 7.90. The highest BCUT2D eigenvalue weighted by Gasteiger charge is 2.34. The predicted molar refractivity (Wildman–Crippen MR) is 68.9 cm³/mol. The monoisotopic (exact) mass is 265 g/mol. The number of sulfonamides is 1. The van der Waals surface area contributed by atoms with Crippen molar-refractivity contribution >= 4 is 15.9 Å². The van der Waals surface area contributed by atoms with E-state index in [0.717, 1.165) is 25.1 Å². The zero-order chi connectivity index (χ0) is 12.8. The number of likely N-dealkylation sites (tertiary alicyclic amines) is 1. The Morgan fingerprint density at radius 1 is 1.39 bits per heavy atom. The Balaban J connectivity index is 2.00. The van der Waals surface area contributed by atoms with E-state index in [4.69, 9.17) is 5.73 Å². The van der Waals surface area contributed by atoms with Gasteiger partial charge in [0.1, 0.15) is 4.90 Å². The topological polar surface area (TPSA) is 75.8 Å². The molecule has 18 heavy (non-hydrogen) atoms. The second kappa shape index (κ2) is 4.07. The van der Waals surface area contributed by atoms with Gasteiger partial charge in [-0.15, -0.1) is 4.40 Å². The van der Waals surface area contributed by atoms with Crippen LogP contribution in [0.15, 0.2) is 33.6 Å². The Bertz CT molecular complexity index is 610. The van der Waals surface area contributed by atoms with E-state index >= 15 is 0 Å². The third-order valence-electron chi connectivity index (χ3n) is 3.53. The van der Waals surface area contributed by atoms with Gasteiger partial charge in [0.25, 0.3) is 10.0 Å². The van der Waals surface area contributed by atoms with Crippen LogP contribution < -0.4 is 5.73 Å². The summed E-state index contributed by atoms with van der Waals surface area (Å²) in [5, 5.41) is 0. The van der Waals surface area contributed by atoms with Crippen molar-refractivity contribution < 1.29 is 8.42 Å². The summed E-state index contributed by atoms with van der Waals surface area (Å²) in [6, 6.07) is 6.99. The first-order chi connectivity index (χ1) is 8.62. The molecule has 0 aliphatic carbocycles. The number of nitrogens with two attached hydrogens (primary N) is 1. The molecule has 2 aliphatic heterocycles. The molecule has 2 aliphatic rings. The molecule has 0 amide bonds. The first-order valence-corrected chi connectivity index (χ1v) is 7.45. The van der Waals surface area contributed by atoms with Crippen LogP contribution >= 0.6 is 0 Å². The molecule has 96 valence electrons. The Hall–Kier alpha value is -1.40. The third-order valence-corrected chi connectivity index (χ3v) is 4.86. The van der Waals surface area contributed by atoms with Gasteiger partial charge in [0.2, 0.25) is 0 Å². The van der Waals surface area contributed by atoms with Crippen molar-refractivity contribution in [2.24, 2.45) is 16.0 Å². The zero-order valence-corrected chi connectivity index (χ0v) is 10.7. The minimum Gasteiger partial charge on any atom is -0.355 e. The van der Waals surface area contributed by atoms with Crippen LogP contribution in [-0.4, -0.2) is 38.8 Å². The van der Waals surface area contributed by atoms with Gasteiger partial charge >= 0.3 is 0 Å². The van der Waals surface area contributed by atoms with Crippen LogP contribution in [0, 0.1) is 5.92 Å². The quantitative estimate of drug-likeness (QED) is 0.798. The summed E-state index contributed by atoms with van der Waals surface area (Å²) in [6.07, 6.45) is 0.998. The number of hydrogen-bond donors (Lipinski definition) is 1. The Morgan fingerprint density at radius 2 is 2.17 bits per heavy atom. The van der Waals surface area contributed by atoms with Gasteiger partial charge in [-0.05, 0) is 31.0 Å². The van der Waals surface area contributed by atoms with Crippen LogP contribution in [0.1, 0.15) is 12.0 Å². The molecule has 0 bridgehead atoms. The van der Waals surface area contributed by atoms with Gasteiger partial charge < -0.3 is 10.6 Å². The van der Waals surface area contributed by atoms with Gasteiger partial charge in [0.05, 0.1) is 0 Å². The molecule has 0 spiro atoms. The van der Waals surface area contributed by atoms with E-state index in [1.165, 1.54) is 0 Å². The van der Waals surface area contributed by atoms with Gasteiger partial charge in [-0.1, -0.05) is 12.1 Å². The van der Waals surface area contributed by atoms with Crippen molar-refractivity contribution in [3.63, 3.8) is 0 Å². The molecule has 0 radical (unpaired) electrons. The van der Waals surface area contributed by atoms with E-state index in [2.05, 4.69) is 4.40 Å². The van der Waals surface area contributed by atoms with E-state index < -0.39 is 10.0 Å². The van der Waals surface area contributed by atoms with Crippen LogP contribution in [0.25, 0.3) is 0 Å². The lowest BCUT2D eigenvalue weighted by molar-refractivity contribution is 0.485. The highest BCUT2D eigenvalue weighted by Crippen LogP contribution is 2.29. The van der Waals surface area contributed by atoms with Gasteiger partial charge in [0, 0.05) is 18.7 Å². The number of nitrogens with zero attached hydrogens (tertiary/aromatic N) is 2. The third kappa shape index (κ3) is 1.72. The summed E-state index contributed by atoms with van der Waals surface area (Å²) in [7, 11) is -3.50. The highest BCUT2D eigenvalue weighted by atomic mass is 32.2. The molecule has 1 unspecified atom stereocenters. The van der Waals surface area contributed by atoms with Crippen LogP contribution in [0.4, 0.5) is 0 Å². The van der Waals surface area contributed by atoms with E-state index in [9.17, 15) is 8.42 Å². The molecule has 3 rings (SSSR count). The number of benzene rings is 1. The van der Waals surface area contributed by atoms with E-state index in [1.807, 2.05) is 17.0 Å². The summed E-state index contributed by atoms with van der Waals surface area (Å²) in [5.74, 6) is 1.02. The number of fused-ring (bicyclic) bond motifs is 1. The predicted octanol–water partition coefficient (Wildman–Crippen LogP) is 0.416. The summed E-state index contributed by atoms with van der Waals surface area (Å²) < 4.78 is 27.8. The zero-order valence-electron chi connectivity index (χ0n) is 9.91. The summed E-state index contributed by atoms with van der Waals surface area (Å²) in [5.41, 5.74) is 6.38. The Morgan fingerprint density at radius 3 is 2.89 bits per heavy atom. The summed E-state index contributed by atoms with van der Waals surface area (Å²) in [6.45, 7) is 2.25. The van der Waals surface area contributed by atoms with Gasteiger partial charge in [0.15, 0.2) is 5.84 Å². The van der Waals surface area contributed by atoms with E-state index in [1.54, 1.807) is 12.1 Å². The maximum Gasteiger partial charge on any atom is 0.285 e. The lowest BCUT2D eigenvalue weighted by Gasteiger charge is -2.17. The second-order valence-corrected chi connectivity index (χ2v) is 6.30. The van der Waals surface area contributed by atoms with Crippen LogP contribution in [0.3, 0.4) is 0 Å². The molecule has 1 aromatic rings. The maximum absolute atomic E-state index is 11.9. The average Bonchev–Trinajstić information content (AvgIpc) is 2.93. The van der Waals surface area contributed by atoms with Crippen molar-refractivity contribution in [2.45, 2.75) is 11.3 Å². The number of amidine groups is 1. The standard InChI is InChI=1S/C12H15N3O2S/c13-7-9-5-6-15(8-9)12-10-3-1-2-4-11(10)18(16,17)14-12/h1-4,9H,5-8,13H2. The molecule has 6 heteroatoms. The first kappa shape index (κ1) is 11.7. The van der Waals surface area contributed by atoms with Crippen LogP contribution in [0.5, 0.6) is 0 Å². The van der Waals surface area contributed by atoms with Crippen molar-refractivity contribution in [1.29, 1.82) is 0 Å². The molecular formula is C12H15N3O2S. The maximum atomic E-state index is 11.9. The van der Waals surface area contributed by atoms with E-state index in [-0.39, 0.29) is 0 Å². The van der Waals surface area contributed by atoms with Crippen LogP contribution in [-0.2, 0) is 10.0 Å². The van der Waals surface area contributed by atoms with Gasteiger partial charge in [-0.2, -0.15) is 8.42 Å². The van der Waals surface area contributed by atoms with E-state index in [0.29, 0.717) is 23.2 Å². The molecule has 1 saturated heterocycles. The van der Waals surface area contributed by atoms with Gasteiger partial charge in [-0.3, -0.25) is 0 Å². The smallest absolute Gasteiger partial charge is 0.285 e. The first-order valence-electron chi connectivity index (χ1n) is 6.01. The molecule has 2 N–H and O–H groups in total. The SMILES string of the molecule is NCC1CCN(C2=NS(=O)(=O)c3ccccc32)C1. The molecule has 1 atom stereocenters. The molecule has 2 heterocycles. The van der Waals surface area contributed by atoms with Crippen molar-refractivity contribution in [2.75, 3.05) is 19.6 Å². The molecule has 1 fully saturated rings. The molecular weight excluding hydrogens is 250 g/mol. The fourth-order valence-electron chi connectivity index (χ4n) is 2.53. The normalized spacial score (nSPS) is 25.1. The van der Waals surface area contributed by atoms with Crippen LogP contribution in [0.2, 0.25) is 0 Å². The van der Waals surface area contributed by atoms with Crippen molar-refractivity contribution in [3.8, 4) is 0 Å². The Labute approximate surface area is 106 Å². The summed E-state index contributed by atoms with van der Waals surface area (Å²) >= 11 is 0. The molecule has 1 aromatic carbocycles. The van der Waals surface area contributed by atoms with Crippen molar-refractivity contribution in [1.82, 2.24) is 4.90 Å². The minimum atomic E-state index is -3.50. The fraction of sp³-hybridized carbons (Fsp3) is 0.417. The lowest BCUT2D eigenvalue weighted by Crippen LogP contribution is -2.29. The molecule has 0 saturated carbocycles. The average molecular weight is 265 g/mol.